The summed E-state index contributed by atoms with van der Waals surface area (Å²) in [6.45, 7) is -0.319. The predicted molar refractivity (Wildman–Crippen MR) is 34.3 cm³/mol. The highest BCUT2D eigenvalue weighted by Gasteiger charge is 2.27. The van der Waals surface area contributed by atoms with E-state index in [-0.39, 0.29) is 6.61 Å². The third-order valence-electron chi connectivity index (χ3n) is 1.55. The largest absolute Gasteiger partial charge is 0.422 e. The maximum atomic E-state index is 8.99. The van der Waals surface area contributed by atoms with Gasteiger partial charge in [0.05, 0.1) is 0 Å². The summed E-state index contributed by atoms with van der Waals surface area (Å²) in [5.41, 5.74) is 0. The molecule has 1 rings (SSSR count). The Hall–Kier alpha value is -0.200. The summed E-state index contributed by atoms with van der Waals surface area (Å²) in [5, 5.41) is 35.4. The van der Waals surface area contributed by atoms with Gasteiger partial charge in [-0.05, 0) is 12.2 Å². The van der Waals surface area contributed by atoms with Crippen LogP contribution in [-0.4, -0.2) is 51.6 Å². The van der Waals surface area contributed by atoms with Crippen LogP contribution in [-0.2, 0) is 4.74 Å². The van der Waals surface area contributed by atoms with Crippen LogP contribution in [0.3, 0.4) is 0 Å². The van der Waals surface area contributed by atoms with Gasteiger partial charge in [-0.25, -0.2) is 0 Å². The second-order valence-electron chi connectivity index (χ2n) is 2.42. The molecule has 1 aliphatic heterocycles. The molecule has 0 aromatic heterocycles. The van der Waals surface area contributed by atoms with Gasteiger partial charge in [0, 0.05) is 6.61 Å². The SMILES string of the molecule is OC[C@@H]1[CH-][C@H](O)[C@H](O)[C@@H](O)O1. The van der Waals surface area contributed by atoms with Gasteiger partial charge >= 0.3 is 0 Å². The Kier molecular flexibility index (Phi) is 2.80. The number of aliphatic hydroxyl groups excluding tert-OH is 4. The molecule has 0 aromatic carbocycles. The number of ether oxygens (including phenoxy) is 1. The quantitative estimate of drug-likeness (QED) is 0.324. The van der Waals surface area contributed by atoms with Gasteiger partial charge < -0.3 is 25.2 Å². The lowest BCUT2D eigenvalue weighted by atomic mass is 10.0. The first-order valence-electron chi connectivity index (χ1n) is 3.30. The van der Waals surface area contributed by atoms with Crippen molar-refractivity contribution >= 4 is 0 Å². The Morgan fingerprint density at radius 1 is 1.27 bits per heavy atom. The van der Waals surface area contributed by atoms with E-state index in [0.717, 1.165) is 0 Å². The molecular formula is C6H11O5-. The van der Waals surface area contributed by atoms with Gasteiger partial charge in [-0.1, -0.05) is 0 Å². The Labute approximate surface area is 63.8 Å². The first-order valence-corrected chi connectivity index (χ1v) is 3.30. The van der Waals surface area contributed by atoms with Gasteiger partial charge in [0.15, 0.2) is 6.29 Å². The first kappa shape index (κ1) is 8.89. The normalized spacial score (nSPS) is 45.8. The van der Waals surface area contributed by atoms with Crippen LogP contribution in [0.1, 0.15) is 0 Å². The molecule has 4 atom stereocenters. The number of hydrogen-bond acceptors (Lipinski definition) is 5. The monoisotopic (exact) mass is 163 g/mol. The van der Waals surface area contributed by atoms with Crippen molar-refractivity contribution in [1.29, 1.82) is 0 Å². The van der Waals surface area contributed by atoms with E-state index in [2.05, 4.69) is 4.74 Å². The molecule has 0 spiro atoms. The van der Waals surface area contributed by atoms with E-state index < -0.39 is 24.6 Å². The van der Waals surface area contributed by atoms with E-state index in [1.54, 1.807) is 0 Å². The minimum atomic E-state index is -1.42. The van der Waals surface area contributed by atoms with E-state index in [9.17, 15) is 0 Å². The lowest BCUT2D eigenvalue weighted by Gasteiger charge is -2.41. The van der Waals surface area contributed by atoms with Crippen LogP contribution in [0, 0.1) is 6.42 Å². The summed E-state index contributed by atoms with van der Waals surface area (Å²) in [7, 11) is 0. The van der Waals surface area contributed by atoms with Crippen LogP contribution in [0.25, 0.3) is 0 Å². The smallest absolute Gasteiger partial charge is 0.178 e. The fourth-order valence-corrected chi connectivity index (χ4v) is 0.911. The van der Waals surface area contributed by atoms with Gasteiger partial charge in [0.25, 0.3) is 0 Å². The van der Waals surface area contributed by atoms with E-state index in [1.807, 2.05) is 0 Å². The molecule has 0 aromatic rings. The fraction of sp³-hybridized carbons (Fsp3) is 0.833. The summed E-state index contributed by atoms with van der Waals surface area (Å²) >= 11 is 0. The molecule has 0 radical (unpaired) electrons. The number of rotatable bonds is 1. The van der Waals surface area contributed by atoms with E-state index in [4.69, 9.17) is 20.4 Å². The Morgan fingerprint density at radius 3 is 2.36 bits per heavy atom. The molecule has 11 heavy (non-hydrogen) atoms. The molecular weight excluding hydrogens is 152 g/mol. The Morgan fingerprint density at radius 2 is 1.91 bits per heavy atom. The lowest BCUT2D eigenvalue weighted by molar-refractivity contribution is -0.231. The Balaban J connectivity index is 2.47. The minimum Gasteiger partial charge on any atom is -0.422 e. The average Bonchev–Trinajstić information content (AvgIpc) is 1.99. The highest BCUT2D eigenvalue weighted by atomic mass is 16.6. The molecule has 0 amide bonds. The second kappa shape index (κ2) is 3.46. The van der Waals surface area contributed by atoms with Crippen molar-refractivity contribution in [3.05, 3.63) is 6.42 Å². The fourth-order valence-electron chi connectivity index (χ4n) is 0.911. The molecule has 1 fully saturated rings. The second-order valence-corrected chi connectivity index (χ2v) is 2.42. The van der Waals surface area contributed by atoms with Crippen LogP contribution in [0.2, 0.25) is 0 Å². The molecule has 66 valence electrons. The van der Waals surface area contributed by atoms with Gasteiger partial charge in [-0.15, -0.1) is 0 Å². The molecule has 0 saturated carbocycles. The van der Waals surface area contributed by atoms with Crippen molar-refractivity contribution in [2.75, 3.05) is 6.61 Å². The average molecular weight is 163 g/mol. The van der Waals surface area contributed by atoms with Gasteiger partial charge in [-0.2, -0.15) is 0 Å². The summed E-state index contributed by atoms with van der Waals surface area (Å²) in [6.07, 6.45) is -3.36. The maximum Gasteiger partial charge on any atom is 0.178 e. The van der Waals surface area contributed by atoms with Crippen LogP contribution in [0.15, 0.2) is 0 Å². The van der Waals surface area contributed by atoms with Gasteiger partial charge in [-0.3, -0.25) is 6.42 Å². The molecule has 0 unspecified atom stereocenters. The van der Waals surface area contributed by atoms with Crippen LogP contribution in [0.4, 0.5) is 0 Å². The van der Waals surface area contributed by atoms with Gasteiger partial charge in [0.2, 0.25) is 0 Å². The topological polar surface area (TPSA) is 90.2 Å². The van der Waals surface area contributed by atoms with E-state index >= 15 is 0 Å². The van der Waals surface area contributed by atoms with Crippen LogP contribution < -0.4 is 0 Å². The Bertz CT molecular complexity index is 116. The van der Waals surface area contributed by atoms with E-state index in [0.29, 0.717) is 0 Å². The minimum absolute atomic E-state index is 0.319. The van der Waals surface area contributed by atoms with Crippen molar-refractivity contribution in [3.8, 4) is 0 Å². The molecule has 4 N–H and O–H groups in total. The predicted octanol–water partition coefficient (Wildman–Crippen LogP) is -2.38. The highest BCUT2D eigenvalue weighted by molar-refractivity contribution is 4.94. The summed E-state index contributed by atoms with van der Waals surface area (Å²) in [4.78, 5) is 0. The lowest BCUT2D eigenvalue weighted by Crippen LogP contribution is -2.49. The molecule has 0 bridgehead atoms. The van der Waals surface area contributed by atoms with Crippen molar-refractivity contribution in [1.82, 2.24) is 0 Å². The first-order chi connectivity index (χ1) is 5.15. The standard InChI is InChI=1S/C6H11O5/c7-2-3-1-4(8)5(9)6(10)11-3/h1,3-10H,2H2/q-1/t3-,4-,5-,6-/m0/s1. The molecule has 5 heteroatoms. The summed E-state index contributed by atoms with van der Waals surface area (Å²) in [5.74, 6) is 0. The third-order valence-corrected chi connectivity index (χ3v) is 1.55. The van der Waals surface area contributed by atoms with Crippen molar-refractivity contribution in [3.63, 3.8) is 0 Å². The van der Waals surface area contributed by atoms with Crippen molar-refractivity contribution in [2.24, 2.45) is 0 Å². The van der Waals surface area contributed by atoms with Crippen molar-refractivity contribution < 1.29 is 25.2 Å². The van der Waals surface area contributed by atoms with E-state index in [1.165, 1.54) is 6.42 Å². The molecule has 1 aliphatic rings. The molecule has 0 aliphatic carbocycles. The molecule has 5 nitrogen and oxygen atoms in total. The zero-order valence-electron chi connectivity index (χ0n) is 5.79. The third kappa shape index (κ3) is 1.88. The summed E-state index contributed by atoms with van der Waals surface area (Å²) < 4.78 is 4.66. The number of hydrogen-bond donors (Lipinski definition) is 4. The van der Waals surface area contributed by atoms with Gasteiger partial charge in [0.1, 0.15) is 6.10 Å². The van der Waals surface area contributed by atoms with Crippen molar-refractivity contribution in [2.45, 2.75) is 24.6 Å². The molecule has 1 heterocycles. The zero-order valence-corrected chi connectivity index (χ0v) is 5.79. The maximum absolute atomic E-state index is 8.99. The highest BCUT2D eigenvalue weighted by Crippen LogP contribution is 2.17. The number of aliphatic hydroxyl groups is 4. The van der Waals surface area contributed by atoms with Crippen LogP contribution in [0.5, 0.6) is 0 Å². The molecule has 1 saturated heterocycles. The zero-order chi connectivity index (χ0) is 8.43. The summed E-state index contributed by atoms with van der Waals surface area (Å²) in [6, 6.07) is 0. The van der Waals surface area contributed by atoms with Crippen LogP contribution >= 0.6 is 0 Å².